The Balaban J connectivity index is 1.98. The quantitative estimate of drug-likeness (QED) is 0.578. The van der Waals surface area contributed by atoms with Gasteiger partial charge in [-0.3, -0.25) is 9.36 Å². The highest BCUT2D eigenvalue weighted by Crippen LogP contribution is 2.22. The van der Waals surface area contributed by atoms with E-state index in [1.54, 1.807) is 0 Å². The van der Waals surface area contributed by atoms with E-state index in [0.29, 0.717) is 0 Å². The third kappa shape index (κ3) is 3.43. The van der Waals surface area contributed by atoms with E-state index in [1.807, 2.05) is 0 Å². The Labute approximate surface area is 159 Å². The number of benzene rings is 2. The standard InChI is InChI=1S/C18H17FN2O6S/c1-20(2)28(24,25)12-5-6-14-17(9-12)27-18(23)21(14)10-15(22)11-4-7-16(26-3)13(19)8-11/h4-9H,10H2,1-3H3. The molecule has 1 aromatic heterocycles. The lowest BCUT2D eigenvalue weighted by molar-refractivity contribution is 0.0970. The lowest BCUT2D eigenvalue weighted by atomic mass is 10.1. The molecule has 2 aromatic carbocycles. The molecule has 0 N–H and O–H groups in total. The molecule has 0 spiro atoms. The van der Waals surface area contributed by atoms with Crippen LogP contribution in [0.2, 0.25) is 0 Å². The van der Waals surface area contributed by atoms with Crippen molar-refractivity contribution in [2.24, 2.45) is 0 Å². The van der Waals surface area contributed by atoms with Crippen molar-refractivity contribution >= 4 is 26.9 Å². The summed E-state index contributed by atoms with van der Waals surface area (Å²) >= 11 is 0. The van der Waals surface area contributed by atoms with E-state index in [4.69, 9.17) is 9.15 Å². The number of carbonyl (C=O) groups excluding carboxylic acids is 1. The number of hydrogen-bond donors (Lipinski definition) is 0. The zero-order valence-electron chi connectivity index (χ0n) is 15.3. The van der Waals surface area contributed by atoms with Gasteiger partial charge in [-0.1, -0.05) is 0 Å². The van der Waals surface area contributed by atoms with Crippen LogP contribution in [0.1, 0.15) is 10.4 Å². The van der Waals surface area contributed by atoms with E-state index in [9.17, 15) is 22.4 Å². The minimum Gasteiger partial charge on any atom is -0.494 e. The first-order valence-electron chi connectivity index (χ1n) is 8.08. The summed E-state index contributed by atoms with van der Waals surface area (Å²) in [6, 6.07) is 7.66. The van der Waals surface area contributed by atoms with Gasteiger partial charge >= 0.3 is 5.76 Å². The number of ketones is 1. The van der Waals surface area contributed by atoms with Crippen LogP contribution >= 0.6 is 0 Å². The molecule has 0 bridgehead atoms. The molecule has 0 aliphatic carbocycles. The highest BCUT2D eigenvalue weighted by Gasteiger charge is 2.21. The third-order valence-corrected chi connectivity index (χ3v) is 6.00. The number of rotatable bonds is 6. The van der Waals surface area contributed by atoms with Gasteiger partial charge in [0.05, 0.1) is 24.1 Å². The van der Waals surface area contributed by atoms with Gasteiger partial charge in [0.25, 0.3) is 0 Å². The topological polar surface area (TPSA) is 98.8 Å². The average Bonchev–Trinajstić information content (AvgIpc) is 2.96. The molecule has 8 nitrogen and oxygen atoms in total. The first-order chi connectivity index (χ1) is 13.1. The van der Waals surface area contributed by atoms with Crippen LogP contribution in [0.25, 0.3) is 11.1 Å². The normalized spacial score (nSPS) is 11.9. The van der Waals surface area contributed by atoms with Crippen LogP contribution in [0.15, 0.2) is 50.5 Å². The van der Waals surface area contributed by atoms with Crippen LogP contribution in [-0.2, 0) is 16.6 Å². The van der Waals surface area contributed by atoms with Crippen molar-refractivity contribution in [1.82, 2.24) is 8.87 Å². The molecule has 28 heavy (non-hydrogen) atoms. The van der Waals surface area contributed by atoms with Gasteiger partial charge < -0.3 is 9.15 Å². The predicted octanol–water partition coefficient (Wildman–Crippen LogP) is 1.88. The second kappa shape index (κ2) is 7.21. The third-order valence-electron chi connectivity index (χ3n) is 4.19. The Kier molecular flexibility index (Phi) is 5.09. The maximum absolute atomic E-state index is 13.8. The highest BCUT2D eigenvalue weighted by atomic mass is 32.2. The van der Waals surface area contributed by atoms with Gasteiger partial charge in [0.2, 0.25) is 10.0 Å². The Bertz CT molecular complexity index is 1230. The fourth-order valence-electron chi connectivity index (χ4n) is 2.64. The maximum atomic E-state index is 13.8. The second-order valence-electron chi connectivity index (χ2n) is 6.14. The SMILES string of the molecule is COc1ccc(C(=O)Cn2c(=O)oc3cc(S(=O)(=O)N(C)C)ccc32)cc1F. The van der Waals surface area contributed by atoms with E-state index >= 15 is 0 Å². The molecule has 0 radical (unpaired) electrons. The number of halogens is 1. The Hall–Kier alpha value is -2.98. The number of sulfonamides is 1. The van der Waals surface area contributed by atoms with Crippen LogP contribution in [0.3, 0.4) is 0 Å². The van der Waals surface area contributed by atoms with Crippen molar-refractivity contribution in [3.63, 3.8) is 0 Å². The number of nitrogens with zero attached hydrogens (tertiary/aromatic N) is 2. The molecular formula is C18H17FN2O6S. The number of aromatic nitrogens is 1. The number of Topliss-reactive ketones (excluding diaryl/α,β-unsaturated/α-hetero) is 1. The van der Waals surface area contributed by atoms with Crippen LogP contribution in [0, 0.1) is 5.82 Å². The van der Waals surface area contributed by atoms with Gasteiger partial charge in [-0.15, -0.1) is 0 Å². The van der Waals surface area contributed by atoms with Gasteiger partial charge in [-0.2, -0.15) is 0 Å². The molecule has 0 atom stereocenters. The fourth-order valence-corrected chi connectivity index (χ4v) is 3.56. The van der Waals surface area contributed by atoms with Gasteiger partial charge in [0.1, 0.15) is 0 Å². The Morgan fingerprint density at radius 2 is 1.93 bits per heavy atom. The number of methoxy groups -OCH3 is 1. The summed E-state index contributed by atoms with van der Waals surface area (Å²) in [4.78, 5) is 24.6. The van der Waals surface area contributed by atoms with Gasteiger partial charge in [-0.25, -0.2) is 21.9 Å². The van der Waals surface area contributed by atoms with E-state index in [-0.39, 0.29) is 27.3 Å². The van der Waals surface area contributed by atoms with Crippen molar-refractivity contribution in [1.29, 1.82) is 0 Å². The molecule has 0 saturated heterocycles. The summed E-state index contributed by atoms with van der Waals surface area (Å²) in [6.07, 6.45) is 0. The lowest BCUT2D eigenvalue weighted by Gasteiger charge is -2.10. The number of oxazole rings is 1. The molecule has 10 heteroatoms. The minimum atomic E-state index is -3.71. The summed E-state index contributed by atoms with van der Waals surface area (Å²) in [5.74, 6) is -2.04. The largest absolute Gasteiger partial charge is 0.494 e. The molecule has 3 aromatic rings. The number of hydrogen-bond acceptors (Lipinski definition) is 6. The lowest BCUT2D eigenvalue weighted by Crippen LogP contribution is -2.22. The van der Waals surface area contributed by atoms with Crippen LogP contribution in [-0.4, -0.2) is 44.3 Å². The summed E-state index contributed by atoms with van der Waals surface area (Å²) < 4.78 is 50.2. The summed E-state index contributed by atoms with van der Waals surface area (Å²) in [5.41, 5.74) is 0.345. The van der Waals surface area contributed by atoms with Crippen molar-refractivity contribution < 1.29 is 26.8 Å². The highest BCUT2D eigenvalue weighted by molar-refractivity contribution is 7.89. The van der Waals surface area contributed by atoms with Crippen molar-refractivity contribution in [3.8, 4) is 5.75 Å². The maximum Gasteiger partial charge on any atom is 0.420 e. The van der Waals surface area contributed by atoms with Crippen LogP contribution < -0.4 is 10.5 Å². The Morgan fingerprint density at radius 1 is 1.21 bits per heavy atom. The first-order valence-corrected chi connectivity index (χ1v) is 9.52. The minimum absolute atomic E-state index is 0.00268. The summed E-state index contributed by atoms with van der Waals surface area (Å²) in [7, 11) is 0.364. The molecule has 0 aliphatic rings. The van der Waals surface area contributed by atoms with Gasteiger partial charge in [0, 0.05) is 25.7 Å². The number of fused-ring (bicyclic) bond motifs is 1. The molecule has 0 amide bonds. The van der Waals surface area contributed by atoms with E-state index in [0.717, 1.165) is 14.9 Å². The molecule has 0 fully saturated rings. The van der Waals surface area contributed by atoms with E-state index < -0.39 is 33.9 Å². The zero-order chi connectivity index (χ0) is 20.6. The molecule has 1 heterocycles. The summed E-state index contributed by atoms with van der Waals surface area (Å²) in [5, 5.41) is 0. The second-order valence-corrected chi connectivity index (χ2v) is 8.30. The van der Waals surface area contributed by atoms with Crippen molar-refractivity contribution in [2.45, 2.75) is 11.4 Å². The van der Waals surface area contributed by atoms with Crippen LogP contribution in [0.5, 0.6) is 5.75 Å². The average molecular weight is 408 g/mol. The van der Waals surface area contributed by atoms with Crippen LogP contribution in [0.4, 0.5) is 4.39 Å². The summed E-state index contributed by atoms with van der Waals surface area (Å²) in [6.45, 7) is -0.391. The predicted molar refractivity (Wildman–Crippen MR) is 98.6 cm³/mol. The molecule has 0 aliphatic heterocycles. The molecular weight excluding hydrogens is 391 g/mol. The molecule has 148 valence electrons. The number of ether oxygens (including phenoxy) is 1. The monoisotopic (exact) mass is 408 g/mol. The van der Waals surface area contributed by atoms with Crippen molar-refractivity contribution in [3.05, 3.63) is 58.3 Å². The molecule has 0 unspecified atom stereocenters. The molecule has 0 saturated carbocycles. The number of carbonyl (C=O) groups is 1. The molecule has 3 rings (SSSR count). The van der Waals surface area contributed by atoms with Gasteiger partial charge in [0.15, 0.2) is 22.9 Å². The zero-order valence-corrected chi connectivity index (χ0v) is 16.1. The van der Waals surface area contributed by atoms with E-state index in [1.165, 1.54) is 51.5 Å². The fraction of sp³-hybridized carbons (Fsp3) is 0.222. The Morgan fingerprint density at radius 3 is 2.54 bits per heavy atom. The van der Waals surface area contributed by atoms with Crippen molar-refractivity contribution in [2.75, 3.05) is 21.2 Å². The smallest absolute Gasteiger partial charge is 0.420 e. The van der Waals surface area contributed by atoms with Gasteiger partial charge in [-0.05, 0) is 30.3 Å². The van der Waals surface area contributed by atoms with E-state index in [2.05, 4.69) is 0 Å². The first kappa shape index (κ1) is 19.8.